The van der Waals surface area contributed by atoms with Crippen LogP contribution in [-0.4, -0.2) is 43.4 Å². The van der Waals surface area contributed by atoms with Crippen molar-refractivity contribution in [3.63, 3.8) is 0 Å². The summed E-state index contributed by atoms with van der Waals surface area (Å²) < 4.78 is 0. The average molecular weight is 204 g/mol. The fraction of sp³-hybridized carbons (Fsp3) is 1.00. The van der Waals surface area contributed by atoms with Crippen LogP contribution < -0.4 is 5.32 Å². The summed E-state index contributed by atoms with van der Waals surface area (Å²) in [6, 6.07) is 0. The zero-order chi connectivity index (χ0) is 11.2. The molecule has 0 spiro atoms. The van der Waals surface area contributed by atoms with Gasteiger partial charge in [0.2, 0.25) is 0 Å². The van der Waals surface area contributed by atoms with Crippen molar-refractivity contribution in [1.29, 1.82) is 0 Å². The molecule has 0 amide bonds. The highest BCUT2D eigenvalue weighted by Gasteiger charge is 1.98. The van der Waals surface area contributed by atoms with Gasteiger partial charge in [-0.1, -0.05) is 20.8 Å². The second-order valence-electron chi connectivity index (χ2n) is 3.35. The number of aliphatic hydroxyl groups excluding tert-OH is 1. The highest BCUT2D eigenvalue weighted by molar-refractivity contribution is 4.53. The highest BCUT2D eigenvalue weighted by atomic mass is 16.3. The maximum atomic E-state index is 7.76. The molecule has 3 heteroatoms. The third-order valence-corrected chi connectivity index (χ3v) is 1.78. The molecule has 0 aromatic heterocycles. The molecule has 3 nitrogen and oxygen atoms in total. The first-order chi connectivity index (χ1) is 6.76. The first-order valence-corrected chi connectivity index (χ1v) is 5.74. The lowest BCUT2D eigenvalue weighted by Gasteiger charge is -2.19. The standard InChI is InChI=1S/C9H21N.C2H7NO/c1-4-7-10(8-5-2)9-6-3;1-3-2-4/h4-9H2,1-3H3;3-4H,2H2,1H3. The topological polar surface area (TPSA) is 35.5 Å². The minimum atomic E-state index is 0.0694. The van der Waals surface area contributed by atoms with Crippen molar-refractivity contribution in [3.05, 3.63) is 0 Å². The van der Waals surface area contributed by atoms with E-state index in [1.54, 1.807) is 7.05 Å². The lowest BCUT2D eigenvalue weighted by Crippen LogP contribution is -2.25. The number of aliphatic hydroxyl groups is 1. The highest BCUT2D eigenvalue weighted by Crippen LogP contribution is 1.94. The predicted molar refractivity (Wildman–Crippen MR) is 63.5 cm³/mol. The Morgan fingerprint density at radius 1 is 0.929 bits per heavy atom. The van der Waals surface area contributed by atoms with E-state index in [-0.39, 0.29) is 6.73 Å². The first kappa shape index (κ1) is 16.3. The molecule has 0 atom stereocenters. The van der Waals surface area contributed by atoms with E-state index in [0.717, 1.165) is 0 Å². The van der Waals surface area contributed by atoms with Gasteiger partial charge in [-0.3, -0.25) is 5.32 Å². The van der Waals surface area contributed by atoms with E-state index in [4.69, 9.17) is 5.11 Å². The van der Waals surface area contributed by atoms with Gasteiger partial charge in [0.05, 0.1) is 6.73 Å². The molecule has 0 aliphatic carbocycles. The largest absolute Gasteiger partial charge is 0.381 e. The van der Waals surface area contributed by atoms with Gasteiger partial charge >= 0.3 is 0 Å². The second-order valence-corrected chi connectivity index (χ2v) is 3.35. The SMILES string of the molecule is CCCN(CCC)CCC.CNCO. The van der Waals surface area contributed by atoms with Crippen molar-refractivity contribution in [2.24, 2.45) is 0 Å². The van der Waals surface area contributed by atoms with E-state index in [0.29, 0.717) is 0 Å². The second kappa shape index (κ2) is 15.4. The van der Waals surface area contributed by atoms with Gasteiger partial charge in [0, 0.05) is 0 Å². The van der Waals surface area contributed by atoms with E-state index in [9.17, 15) is 0 Å². The molecular formula is C11H28N2O. The normalized spacial score (nSPS) is 9.86. The van der Waals surface area contributed by atoms with Crippen LogP contribution in [0.5, 0.6) is 0 Å². The van der Waals surface area contributed by atoms with Crippen LogP contribution in [0.1, 0.15) is 40.0 Å². The molecule has 0 aromatic rings. The van der Waals surface area contributed by atoms with Gasteiger partial charge in [0.25, 0.3) is 0 Å². The zero-order valence-electron chi connectivity index (χ0n) is 10.3. The molecule has 0 aliphatic rings. The van der Waals surface area contributed by atoms with Gasteiger partial charge in [-0.25, -0.2) is 0 Å². The van der Waals surface area contributed by atoms with Crippen molar-refractivity contribution < 1.29 is 5.11 Å². The van der Waals surface area contributed by atoms with Crippen molar-refractivity contribution in [3.8, 4) is 0 Å². The van der Waals surface area contributed by atoms with Crippen molar-refractivity contribution in [1.82, 2.24) is 10.2 Å². The predicted octanol–water partition coefficient (Wildman–Crippen LogP) is 1.67. The molecule has 0 unspecified atom stereocenters. The molecule has 0 rings (SSSR count). The zero-order valence-corrected chi connectivity index (χ0v) is 10.3. The molecule has 2 N–H and O–H groups in total. The van der Waals surface area contributed by atoms with Gasteiger partial charge in [0.1, 0.15) is 0 Å². The number of nitrogens with one attached hydrogen (secondary N) is 1. The summed E-state index contributed by atoms with van der Waals surface area (Å²) in [5.74, 6) is 0. The molecule has 0 aromatic carbocycles. The van der Waals surface area contributed by atoms with Gasteiger partial charge in [0.15, 0.2) is 0 Å². The Morgan fingerprint density at radius 3 is 1.36 bits per heavy atom. The average Bonchev–Trinajstić information content (AvgIpc) is 2.20. The van der Waals surface area contributed by atoms with Crippen molar-refractivity contribution >= 4 is 0 Å². The lowest BCUT2D eigenvalue weighted by atomic mass is 10.3. The summed E-state index contributed by atoms with van der Waals surface area (Å²) in [6.45, 7) is 10.7. The van der Waals surface area contributed by atoms with Crippen molar-refractivity contribution in [2.75, 3.05) is 33.4 Å². The Morgan fingerprint density at radius 2 is 1.21 bits per heavy atom. The van der Waals surface area contributed by atoms with Crippen LogP contribution in [0.25, 0.3) is 0 Å². The van der Waals surface area contributed by atoms with E-state index < -0.39 is 0 Å². The smallest absolute Gasteiger partial charge is 0.0929 e. The third kappa shape index (κ3) is 14.4. The Bertz CT molecular complexity index is 73.1. The Balaban J connectivity index is 0. The molecular weight excluding hydrogens is 176 g/mol. The van der Waals surface area contributed by atoms with E-state index >= 15 is 0 Å². The van der Waals surface area contributed by atoms with Gasteiger partial charge in [-0.05, 0) is 45.9 Å². The van der Waals surface area contributed by atoms with E-state index in [2.05, 4.69) is 31.0 Å². The van der Waals surface area contributed by atoms with Crippen LogP contribution in [0, 0.1) is 0 Å². The molecule has 0 bridgehead atoms. The van der Waals surface area contributed by atoms with Crippen LogP contribution >= 0.6 is 0 Å². The first-order valence-electron chi connectivity index (χ1n) is 5.74. The Labute approximate surface area is 89.5 Å². The number of rotatable bonds is 7. The maximum absolute atomic E-state index is 7.76. The molecule has 0 saturated carbocycles. The molecule has 14 heavy (non-hydrogen) atoms. The fourth-order valence-corrected chi connectivity index (χ4v) is 1.28. The summed E-state index contributed by atoms with van der Waals surface area (Å²) in [5.41, 5.74) is 0. The molecule has 0 heterocycles. The summed E-state index contributed by atoms with van der Waals surface area (Å²) in [4.78, 5) is 2.54. The number of hydrogen-bond acceptors (Lipinski definition) is 3. The molecule has 0 aliphatic heterocycles. The van der Waals surface area contributed by atoms with E-state index in [1.165, 1.54) is 38.9 Å². The van der Waals surface area contributed by atoms with Crippen LogP contribution in [0.15, 0.2) is 0 Å². The summed E-state index contributed by atoms with van der Waals surface area (Å²) >= 11 is 0. The summed E-state index contributed by atoms with van der Waals surface area (Å²) in [6.07, 6.45) is 3.88. The number of hydrogen-bond donors (Lipinski definition) is 2. The minimum absolute atomic E-state index is 0.0694. The Kier molecular flexibility index (Phi) is 17.9. The molecule has 0 fully saturated rings. The maximum Gasteiger partial charge on any atom is 0.0929 e. The van der Waals surface area contributed by atoms with E-state index in [1.807, 2.05) is 0 Å². The van der Waals surface area contributed by atoms with Crippen LogP contribution in [0.4, 0.5) is 0 Å². The van der Waals surface area contributed by atoms with Gasteiger partial charge in [-0.2, -0.15) is 0 Å². The van der Waals surface area contributed by atoms with Crippen LogP contribution in [0.2, 0.25) is 0 Å². The third-order valence-electron chi connectivity index (χ3n) is 1.78. The minimum Gasteiger partial charge on any atom is -0.381 e. The van der Waals surface area contributed by atoms with Crippen LogP contribution in [-0.2, 0) is 0 Å². The molecule has 0 radical (unpaired) electrons. The monoisotopic (exact) mass is 204 g/mol. The molecule has 0 saturated heterocycles. The van der Waals surface area contributed by atoms with Gasteiger partial charge < -0.3 is 10.0 Å². The molecule has 88 valence electrons. The summed E-state index contributed by atoms with van der Waals surface area (Å²) in [7, 11) is 1.68. The summed E-state index contributed by atoms with van der Waals surface area (Å²) in [5, 5.41) is 10.2. The van der Waals surface area contributed by atoms with Crippen LogP contribution in [0.3, 0.4) is 0 Å². The van der Waals surface area contributed by atoms with Gasteiger partial charge in [-0.15, -0.1) is 0 Å². The fourth-order valence-electron chi connectivity index (χ4n) is 1.28. The lowest BCUT2D eigenvalue weighted by molar-refractivity contribution is 0.273. The number of nitrogens with zero attached hydrogens (tertiary/aromatic N) is 1. The van der Waals surface area contributed by atoms with Crippen molar-refractivity contribution in [2.45, 2.75) is 40.0 Å². The Hall–Kier alpha value is -0.120. The quantitative estimate of drug-likeness (QED) is 0.619.